The van der Waals surface area contributed by atoms with Gasteiger partial charge in [-0.15, -0.1) is 0 Å². The minimum atomic E-state index is -0.103. The zero-order valence-corrected chi connectivity index (χ0v) is 15.2. The van der Waals surface area contributed by atoms with Crippen LogP contribution in [-0.2, 0) is 6.54 Å². The molecule has 134 valence electrons. The second-order valence-electron chi connectivity index (χ2n) is 7.54. The topological polar surface area (TPSA) is 63.3 Å². The van der Waals surface area contributed by atoms with Crippen molar-refractivity contribution in [3.63, 3.8) is 0 Å². The number of fused-ring (bicyclic) bond motifs is 2. The van der Waals surface area contributed by atoms with Crippen molar-refractivity contribution < 1.29 is 9.21 Å². The Morgan fingerprint density at radius 3 is 2.64 bits per heavy atom. The van der Waals surface area contributed by atoms with Crippen molar-refractivity contribution in [1.29, 1.82) is 0 Å². The van der Waals surface area contributed by atoms with Gasteiger partial charge >= 0.3 is 0 Å². The van der Waals surface area contributed by atoms with Gasteiger partial charge < -0.3 is 14.6 Å². The highest BCUT2D eigenvalue weighted by atomic mass is 16.4. The molecule has 4 rings (SSSR count). The van der Waals surface area contributed by atoms with E-state index in [1.54, 1.807) is 6.07 Å². The molecule has 2 unspecified atom stereocenters. The fourth-order valence-corrected chi connectivity index (χ4v) is 4.35. The number of aryl methyl sites for hydroxylation is 2. The maximum Gasteiger partial charge on any atom is 0.287 e. The highest BCUT2D eigenvalue weighted by molar-refractivity contribution is 5.91. The van der Waals surface area contributed by atoms with Crippen molar-refractivity contribution in [3.8, 4) is 0 Å². The number of nitrogens with one attached hydrogen (secondary N) is 1. The van der Waals surface area contributed by atoms with Gasteiger partial charge in [-0.1, -0.05) is 0 Å². The van der Waals surface area contributed by atoms with E-state index in [1.807, 2.05) is 30.7 Å². The van der Waals surface area contributed by atoms with Gasteiger partial charge in [0.1, 0.15) is 5.76 Å². The molecule has 2 bridgehead atoms. The quantitative estimate of drug-likeness (QED) is 0.927. The number of piperidine rings is 1. The van der Waals surface area contributed by atoms with Gasteiger partial charge in [-0.25, -0.2) is 0 Å². The van der Waals surface area contributed by atoms with E-state index in [1.165, 1.54) is 12.8 Å². The van der Waals surface area contributed by atoms with Crippen molar-refractivity contribution in [3.05, 3.63) is 41.1 Å². The Kier molecular flexibility index (Phi) is 4.15. The van der Waals surface area contributed by atoms with E-state index < -0.39 is 0 Å². The average molecular weight is 342 g/mol. The Bertz CT molecular complexity index is 764. The maximum absolute atomic E-state index is 12.5. The number of rotatable bonds is 4. The van der Waals surface area contributed by atoms with E-state index >= 15 is 0 Å². The van der Waals surface area contributed by atoms with Crippen LogP contribution >= 0.6 is 0 Å². The summed E-state index contributed by atoms with van der Waals surface area (Å²) in [6.07, 6.45) is 4.58. The Hall–Kier alpha value is -2.08. The third kappa shape index (κ3) is 3.23. The molecule has 1 amide bonds. The standard InChI is InChI=1S/C19H26N4O2/c1-12-8-13(2)23(21-12)11-17-6-7-18(25-17)19(24)20-14-9-15-4-5-16(10-14)22(15)3/h6-8,14-16H,4-5,9-11H2,1-3H3,(H,20,24). The van der Waals surface area contributed by atoms with Crippen molar-refractivity contribution in [1.82, 2.24) is 20.0 Å². The van der Waals surface area contributed by atoms with Crippen molar-refractivity contribution in [2.24, 2.45) is 0 Å². The summed E-state index contributed by atoms with van der Waals surface area (Å²) in [6.45, 7) is 4.54. The van der Waals surface area contributed by atoms with Crippen LogP contribution in [0.1, 0.15) is 53.4 Å². The third-order valence-corrected chi connectivity index (χ3v) is 5.73. The van der Waals surface area contributed by atoms with Crippen molar-refractivity contribution in [2.75, 3.05) is 7.05 Å². The predicted octanol–water partition coefficient (Wildman–Crippen LogP) is 2.50. The molecule has 6 heteroatoms. The lowest BCUT2D eigenvalue weighted by atomic mass is 9.98. The van der Waals surface area contributed by atoms with Crippen LogP contribution in [0.25, 0.3) is 0 Å². The second-order valence-corrected chi connectivity index (χ2v) is 7.54. The van der Waals surface area contributed by atoms with Gasteiger partial charge in [0.2, 0.25) is 0 Å². The van der Waals surface area contributed by atoms with Crippen molar-refractivity contribution in [2.45, 2.75) is 64.2 Å². The molecule has 25 heavy (non-hydrogen) atoms. The van der Waals surface area contributed by atoms with Gasteiger partial charge in [-0.3, -0.25) is 9.48 Å². The lowest BCUT2D eigenvalue weighted by Crippen LogP contribution is -2.48. The molecule has 2 aliphatic rings. The number of nitrogens with zero attached hydrogens (tertiary/aromatic N) is 3. The summed E-state index contributed by atoms with van der Waals surface area (Å²) in [5.41, 5.74) is 2.07. The summed E-state index contributed by atoms with van der Waals surface area (Å²) >= 11 is 0. The molecule has 6 nitrogen and oxygen atoms in total. The van der Waals surface area contributed by atoms with Gasteiger partial charge in [0, 0.05) is 23.8 Å². The lowest BCUT2D eigenvalue weighted by Gasteiger charge is -2.36. The minimum absolute atomic E-state index is 0.103. The first-order chi connectivity index (χ1) is 12.0. The van der Waals surface area contributed by atoms with Crippen molar-refractivity contribution >= 4 is 5.91 Å². The summed E-state index contributed by atoms with van der Waals surface area (Å²) in [4.78, 5) is 15.0. The second kappa shape index (κ2) is 6.33. The summed E-state index contributed by atoms with van der Waals surface area (Å²) in [5.74, 6) is 1.04. The summed E-state index contributed by atoms with van der Waals surface area (Å²) in [5, 5.41) is 7.60. The van der Waals surface area contributed by atoms with Crippen LogP contribution in [0.2, 0.25) is 0 Å². The SMILES string of the molecule is Cc1cc(C)n(Cc2ccc(C(=O)NC3CC4CCC(C3)N4C)o2)n1. The van der Waals surface area contributed by atoms with Crippen LogP contribution in [0.3, 0.4) is 0 Å². The van der Waals surface area contributed by atoms with Crippen LogP contribution in [0.15, 0.2) is 22.6 Å². The maximum atomic E-state index is 12.5. The zero-order valence-electron chi connectivity index (χ0n) is 15.2. The number of carbonyl (C=O) groups excluding carboxylic acids is 1. The highest BCUT2D eigenvalue weighted by Gasteiger charge is 2.39. The molecule has 4 heterocycles. The lowest BCUT2D eigenvalue weighted by molar-refractivity contribution is 0.0853. The molecule has 0 saturated carbocycles. The fraction of sp³-hybridized carbons (Fsp3) is 0.579. The average Bonchev–Trinajstić information content (AvgIpc) is 3.19. The molecule has 2 aromatic heterocycles. The molecular weight excluding hydrogens is 316 g/mol. The number of carbonyl (C=O) groups is 1. The Morgan fingerprint density at radius 2 is 2.00 bits per heavy atom. The third-order valence-electron chi connectivity index (χ3n) is 5.73. The Morgan fingerprint density at radius 1 is 1.28 bits per heavy atom. The molecule has 2 fully saturated rings. The van der Waals surface area contributed by atoms with Crippen LogP contribution in [0.5, 0.6) is 0 Å². The number of hydrogen-bond acceptors (Lipinski definition) is 4. The van der Waals surface area contributed by atoms with E-state index in [9.17, 15) is 4.79 Å². The van der Waals surface area contributed by atoms with Crippen LogP contribution in [0.4, 0.5) is 0 Å². The zero-order chi connectivity index (χ0) is 17.6. The van der Waals surface area contributed by atoms with Crippen LogP contribution < -0.4 is 5.32 Å². The number of furan rings is 1. The monoisotopic (exact) mass is 342 g/mol. The summed E-state index contributed by atoms with van der Waals surface area (Å²) < 4.78 is 7.66. The van der Waals surface area contributed by atoms with Crippen LogP contribution in [-0.4, -0.2) is 45.8 Å². The molecular formula is C19H26N4O2. The van der Waals surface area contributed by atoms with E-state index in [2.05, 4.69) is 22.4 Å². The van der Waals surface area contributed by atoms with E-state index in [0.29, 0.717) is 24.4 Å². The van der Waals surface area contributed by atoms with Gasteiger partial charge in [-0.2, -0.15) is 5.10 Å². The summed E-state index contributed by atoms with van der Waals surface area (Å²) in [6, 6.07) is 7.14. The van der Waals surface area contributed by atoms with Gasteiger partial charge in [0.05, 0.1) is 12.2 Å². The van der Waals surface area contributed by atoms with Gasteiger partial charge in [0.15, 0.2) is 5.76 Å². The minimum Gasteiger partial charge on any atom is -0.454 e. The van der Waals surface area contributed by atoms with Gasteiger partial charge in [-0.05, 0) is 64.8 Å². The smallest absolute Gasteiger partial charge is 0.287 e. The fourth-order valence-electron chi connectivity index (χ4n) is 4.35. The molecule has 2 atom stereocenters. The largest absolute Gasteiger partial charge is 0.454 e. The molecule has 0 spiro atoms. The number of aromatic nitrogens is 2. The Labute approximate surface area is 148 Å². The van der Waals surface area contributed by atoms with E-state index in [4.69, 9.17) is 4.42 Å². The van der Waals surface area contributed by atoms with E-state index in [-0.39, 0.29) is 11.9 Å². The first-order valence-electron chi connectivity index (χ1n) is 9.12. The molecule has 2 saturated heterocycles. The molecule has 1 N–H and O–H groups in total. The molecule has 2 aromatic rings. The van der Waals surface area contributed by atoms with Crippen LogP contribution in [0, 0.1) is 13.8 Å². The summed E-state index contributed by atoms with van der Waals surface area (Å²) in [7, 11) is 2.21. The normalized spacial score (nSPS) is 26.1. The predicted molar refractivity (Wildman–Crippen MR) is 94.6 cm³/mol. The van der Waals surface area contributed by atoms with E-state index in [0.717, 1.165) is 30.0 Å². The molecule has 2 aliphatic heterocycles. The first-order valence-corrected chi connectivity index (χ1v) is 9.12. The molecule has 0 aromatic carbocycles. The molecule has 0 radical (unpaired) electrons. The number of amides is 1. The molecule has 0 aliphatic carbocycles. The first kappa shape index (κ1) is 16.4. The Balaban J connectivity index is 1.38. The number of hydrogen-bond donors (Lipinski definition) is 1. The highest BCUT2D eigenvalue weighted by Crippen LogP contribution is 2.34. The van der Waals surface area contributed by atoms with Gasteiger partial charge in [0.25, 0.3) is 5.91 Å².